The third kappa shape index (κ3) is 6.93. The highest BCUT2D eigenvalue weighted by molar-refractivity contribution is 5.69. The Morgan fingerprint density at radius 2 is 1.61 bits per heavy atom. The van der Waals surface area contributed by atoms with Crippen molar-refractivity contribution in [1.82, 2.24) is 9.55 Å². The van der Waals surface area contributed by atoms with Gasteiger partial charge in [0, 0.05) is 24.2 Å². The van der Waals surface area contributed by atoms with Crippen molar-refractivity contribution in [2.75, 3.05) is 25.6 Å². The molecular weight excluding hydrogens is 520 g/mol. The number of nitrogens with one attached hydrogen (secondary N) is 1. The molecule has 10 heteroatoms. The van der Waals surface area contributed by atoms with Gasteiger partial charge in [0.15, 0.2) is 0 Å². The van der Waals surface area contributed by atoms with E-state index in [9.17, 15) is 9.59 Å². The minimum atomic E-state index is -0.894. The van der Waals surface area contributed by atoms with Crippen LogP contribution in [0.15, 0.2) is 107 Å². The number of aromatic nitrogens is 2. The third-order valence-electron chi connectivity index (χ3n) is 6.75. The van der Waals surface area contributed by atoms with Gasteiger partial charge in [-0.25, -0.2) is 4.79 Å². The Balaban J connectivity index is 1.75. The molecule has 1 N–H and O–H groups in total. The van der Waals surface area contributed by atoms with E-state index < -0.39 is 23.1 Å². The van der Waals surface area contributed by atoms with Crippen molar-refractivity contribution in [3.63, 3.8) is 0 Å². The number of carbonyl (C=O) groups is 1. The van der Waals surface area contributed by atoms with E-state index in [1.807, 2.05) is 84.9 Å². The van der Waals surface area contributed by atoms with Crippen molar-refractivity contribution in [3.05, 3.63) is 135 Å². The van der Waals surface area contributed by atoms with Crippen LogP contribution >= 0.6 is 0 Å². The maximum Gasteiger partial charge on any atom is 0.349 e. The summed E-state index contributed by atoms with van der Waals surface area (Å²) in [5.74, 6) is 0.254. The number of hydrogen-bond acceptors (Lipinski definition) is 7. The zero-order chi connectivity index (χ0) is 29.1. The number of methoxy groups -OCH3 is 1. The molecule has 210 valence electrons. The lowest BCUT2D eigenvalue weighted by atomic mass is 9.77. The van der Waals surface area contributed by atoms with Gasteiger partial charge in [0.25, 0.3) is 0 Å². The number of esters is 1. The van der Waals surface area contributed by atoms with Crippen LogP contribution < -0.4 is 15.7 Å². The fourth-order valence-corrected chi connectivity index (χ4v) is 4.84. The van der Waals surface area contributed by atoms with E-state index >= 15 is 0 Å². The number of hydrogen-bond donors (Lipinski definition) is 1. The molecule has 0 aliphatic rings. The van der Waals surface area contributed by atoms with Gasteiger partial charge in [-0.1, -0.05) is 77.9 Å². The molecule has 1 atom stereocenters. The number of benzene rings is 3. The summed E-state index contributed by atoms with van der Waals surface area (Å²) in [4.78, 5) is 32.5. The molecule has 0 aliphatic carbocycles. The Kier molecular flexibility index (Phi) is 9.75. The zero-order valence-corrected chi connectivity index (χ0v) is 23.0. The third-order valence-corrected chi connectivity index (χ3v) is 6.75. The van der Waals surface area contributed by atoms with Gasteiger partial charge in [0.05, 0.1) is 20.1 Å². The fourth-order valence-electron chi connectivity index (χ4n) is 4.84. The first kappa shape index (κ1) is 28.9. The lowest BCUT2D eigenvalue weighted by Gasteiger charge is -2.37. The first-order valence-corrected chi connectivity index (χ1v) is 13.3. The highest BCUT2D eigenvalue weighted by atomic mass is 16.5. The summed E-state index contributed by atoms with van der Waals surface area (Å²) in [7, 11) is 1.62. The maximum atomic E-state index is 13.2. The maximum absolute atomic E-state index is 13.2. The van der Waals surface area contributed by atoms with E-state index in [2.05, 4.69) is 20.3 Å². The first-order chi connectivity index (χ1) is 20.0. The lowest BCUT2D eigenvalue weighted by Crippen LogP contribution is -2.39. The lowest BCUT2D eigenvalue weighted by molar-refractivity contribution is -0.144. The van der Waals surface area contributed by atoms with Crippen LogP contribution in [0.4, 0.5) is 5.82 Å². The summed E-state index contributed by atoms with van der Waals surface area (Å²) in [5.41, 5.74) is 10.2. The second kappa shape index (κ2) is 13.8. The van der Waals surface area contributed by atoms with Gasteiger partial charge in [-0.3, -0.25) is 9.36 Å². The minimum absolute atomic E-state index is 0.0158. The van der Waals surface area contributed by atoms with E-state index in [0.29, 0.717) is 5.82 Å². The summed E-state index contributed by atoms with van der Waals surface area (Å²) in [6.07, 6.45) is 1.64. The standard InChI is InChI=1S/C31H32N6O4/c1-3-41-29(38)20-23(21-33-36-32)22-37-19-18-28(34-30(37)39)35-31(24-10-6-4-7-11-24,25-12-8-5-9-13-25)26-14-16-27(40-2)17-15-26/h4-19,23H,3,20-22H2,1-2H3,(H,34,35,39)/t23-/m1/s1. The smallest absolute Gasteiger partial charge is 0.349 e. The van der Waals surface area contributed by atoms with Crippen molar-refractivity contribution < 1.29 is 14.3 Å². The van der Waals surface area contributed by atoms with Crippen molar-refractivity contribution in [3.8, 4) is 5.75 Å². The van der Waals surface area contributed by atoms with Crippen LogP contribution in [0.1, 0.15) is 30.0 Å². The number of rotatable bonds is 13. The Morgan fingerprint density at radius 1 is 1.00 bits per heavy atom. The van der Waals surface area contributed by atoms with Gasteiger partial charge >= 0.3 is 11.7 Å². The predicted molar refractivity (Wildman–Crippen MR) is 157 cm³/mol. The molecule has 0 aliphatic heterocycles. The van der Waals surface area contributed by atoms with Crippen LogP contribution in [0, 0.1) is 5.92 Å². The van der Waals surface area contributed by atoms with Gasteiger partial charge in [0.1, 0.15) is 17.1 Å². The highest BCUT2D eigenvalue weighted by Gasteiger charge is 2.37. The van der Waals surface area contributed by atoms with Crippen molar-refractivity contribution in [2.24, 2.45) is 11.0 Å². The quantitative estimate of drug-likeness (QED) is 0.0762. The average Bonchev–Trinajstić information content (AvgIpc) is 3.01. The molecule has 0 saturated carbocycles. The molecule has 0 amide bonds. The Hall–Kier alpha value is -5.08. The topological polar surface area (TPSA) is 131 Å². The molecule has 0 bridgehead atoms. The van der Waals surface area contributed by atoms with E-state index in [0.717, 1.165) is 22.4 Å². The van der Waals surface area contributed by atoms with Gasteiger partial charge in [0.2, 0.25) is 0 Å². The van der Waals surface area contributed by atoms with Crippen LogP contribution in [-0.4, -0.2) is 35.8 Å². The fraction of sp³-hybridized carbons (Fsp3) is 0.258. The second-order valence-corrected chi connectivity index (χ2v) is 9.37. The molecule has 4 rings (SSSR count). The molecule has 4 aromatic rings. The van der Waals surface area contributed by atoms with Gasteiger partial charge in [-0.15, -0.1) is 0 Å². The Bertz CT molecular complexity index is 1500. The normalized spacial score (nSPS) is 11.7. The molecule has 0 unspecified atom stereocenters. The van der Waals surface area contributed by atoms with Crippen molar-refractivity contribution in [1.29, 1.82) is 0 Å². The van der Waals surface area contributed by atoms with Crippen molar-refractivity contribution in [2.45, 2.75) is 25.4 Å². The molecule has 0 fully saturated rings. The van der Waals surface area contributed by atoms with Gasteiger partial charge in [-0.05, 0) is 53.3 Å². The largest absolute Gasteiger partial charge is 0.497 e. The molecule has 0 radical (unpaired) electrons. The Labute approximate surface area is 238 Å². The van der Waals surface area contributed by atoms with E-state index in [4.69, 9.17) is 15.0 Å². The van der Waals surface area contributed by atoms with Crippen LogP contribution in [0.5, 0.6) is 5.75 Å². The monoisotopic (exact) mass is 552 g/mol. The molecule has 0 spiro atoms. The zero-order valence-electron chi connectivity index (χ0n) is 23.0. The van der Waals surface area contributed by atoms with Gasteiger partial charge < -0.3 is 14.8 Å². The highest BCUT2D eigenvalue weighted by Crippen LogP contribution is 2.40. The number of azide groups is 1. The molecule has 10 nitrogen and oxygen atoms in total. The number of carbonyl (C=O) groups excluding carboxylic acids is 1. The average molecular weight is 553 g/mol. The van der Waals surface area contributed by atoms with E-state index in [1.54, 1.807) is 26.3 Å². The summed E-state index contributed by atoms with van der Waals surface area (Å²) in [5, 5.41) is 7.18. The number of ether oxygens (including phenoxy) is 2. The van der Waals surface area contributed by atoms with Crippen LogP contribution in [0.3, 0.4) is 0 Å². The molecule has 1 aromatic heterocycles. The van der Waals surface area contributed by atoms with Crippen LogP contribution in [0.2, 0.25) is 0 Å². The molecule has 41 heavy (non-hydrogen) atoms. The van der Waals surface area contributed by atoms with Gasteiger partial charge in [-0.2, -0.15) is 4.98 Å². The summed E-state index contributed by atoms with van der Waals surface area (Å²) in [6, 6.07) is 29.4. The summed E-state index contributed by atoms with van der Waals surface area (Å²) in [6.45, 7) is 2.15. The number of nitrogens with zero attached hydrogens (tertiary/aromatic N) is 5. The summed E-state index contributed by atoms with van der Waals surface area (Å²) >= 11 is 0. The Morgan fingerprint density at radius 3 is 2.15 bits per heavy atom. The van der Waals surface area contributed by atoms with E-state index in [-0.39, 0.29) is 26.1 Å². The molecule has 1 heterocycles. The predicted octanol–water partition coefficient (Wildman–Crippen LogP) is 5.54. The SMILES string of the molecule is CCOC(=O)C[C@H](CN=[N+]=[N-])Cn1ccc(NC(c2ccccc2)(c2ccccc2)c2ccc(OC)cc2)nc1=O. The second-order valence-electron chi connectivity index (χ2n) is 9.37. The molecular formula is C31H32N6O4. The first-order valence-electron chi connectivity index (χ1n) is 13.3. The van der Waals surface area contributed by atoms with Crippen LogP contribution in [0.25, 0.3) is 10.4 Å². The van der Waals surface area contributed by atoms with Crippen LogP contribution in [-0.2, 0) is 21.6 Å². The summed E-state index contributed by atoms with van der Waals surface area (Å²) < 4.78 is 11.8. The molecule has 0 saturated heterocycles. The number of anilines is 1. The molecule has 3 aromatic carbocycles. The minimum Gasteiger partial charge on any atom is -0.497 e. The van der Waals surface area contributed by atoms with E-state index in [1.165, 1.54) is 4.57 Å². The van der Waals surface area contributed by atoms with Crippen molar-refractivity contribution >= 4 is 11.8 Å².